The highest BCUT2D eigenvalue weighted by molar-refractivity contribution is 7.91. The molecule has 1 aliphatic heterocycles. The highest BCUT2D eigenvalue weighted by Gasteiger charge is 2.39. The summed E-state index contributed by atoms with van der Waals surface area (Å²) in [5.41, 5.74) is 6.55. The molecule has 1 heterocycles. The van der Waals surface area contributed by atoms with Gasteiger partial charge in [-0.05, 0) is 67.0 Å². The van der Waals surface area contributed by atoms with Crippen LogP contribution in [0.3, 0.4) is 0 Å². The van der Waals surface area contributed by atoms with Crippen molar-refractivity contribution in [1.82, 2.24) is 0 Å². The second kappa shape index (κ2) is 5.88. The summed E-state index contributed by atoms with van der Waals surface area (Å²) in [4.78, 5) is 11.7. The molecule has 5 nitrogen and oxygen atoms in total. The van der Waals surface area contributed by atoms with Crippen LogP contribution in [0.25, 0.3) is 0 Å². The Bertz CT molecular complexity index is 948. The lowest BCUT2D eigenvalue weighted by Crippen LogP contribution is -2.21. The lowest BCUT2D eigenvalue weighted by atomic mass is 9.91. The van der Waals surface area contributed by atoms with Gasteiger partial charge in [0.05, 0.1) is 10.6 Å². The Labute approximate surface area is 146 Å². The van der Waals surface area contributed by atoms with Gasteiger partial charge in [-0.3, -0.25) is 4.79 Å². The minimum atomic E-state index is -3.27. The molecule has 2 aromatic rings. The Morgan fingerprint density at radius 2 is 1.80 bits per heavy atom. The number of nitrogens with two attached hydrogens (primary N) is 1. The average Bonchev–Trinajstić information content (AvgIpc) is 3.40. The van der Waals surface area contributed by atoms with Gasteiger partial charge in [0.1, 0.15) is 11.5 Å². The summed E-state index contributed by atoms with van der Waals surface area (Å²) >= 11 is 0. The maximum absolute atomic E-state index is 12.5. The van der Waals surface area contributed by atoms with Gasteiger partial charge < -0.3 is 10.5 Å². The molecule has 1 aliphatic carbocycles. The van der Waals surface area contributed by atoms with Crippen LogP contribution in [0.1, 0.15) is 41.1 Å². The van der Waals surface area contributed by atoms with Gasteiger partial charge in [0.25, 0.3) is 0 Å². The molecule has 0 bridgehead atoms. The average molecular weight is 357 g/mol. The third kappa shape index (κ3) is 3.14. The van der Waals surface area contributed by atoms with Gasteiger partial charge in [0.15, 0.2) is 9.84 Å². The first-order valence-electron chi connectivity index (χ1n) is 8.38. The first kappa shape index (κ1) is 16.1. The largest absolute Gasteiger partial charge is 0.457 e. The second-order valence-corrected chi connectivity index (χ2v) is 8.82. The molecule has 2 N–H and O–H groups in total. The maximum Gasteiger partial charge on any atom is 0.248 e. The molecule has 0 radical (unpaired) electrons. The summed E-state index contributed by atoms with van der Waals surface area (Å²) in [6, 6.07) is 11.8. The van der Waals surface area contributed by atoms with E-state index in [-0.39, 0.29) is 5.75 Å². The smallest absolute Gasteiger partial charge is 0.248 e. The van der Waals surface area contributed by atoms with Crippen molar-refractivity contribution in [2.24, 2.45) is 11.7 Å². The number of ether oxygens (including phenoxy) is 1. The van der Waals surface area contributed by atoms with Gasteiger partial charge in [0.2, 0.25) is 5.91 Å². The molecule has 0 aromatic heterocycles. The van der Waals surface area contributed by atoms with Crippen molar-refractivity contribution < 1.29 is 17.9 Å². The number of amides is 1. The Morgan fingerprint density at radius 3 is 2.52 bits per heavy atom. The van der Waals surface area contributed by atoms with Crippen LogP contribution in [0.5, 0.6) is 11.5 Å². The Balaban J connectivity index is 1.68. The highest BCUT2D eigenvalue weighted by Crippen LogP contribution is 2.49. The zero-order valence-corrected chi connectivity index (χ0v) is 14.5. The first-order valence-corrected chi connectivity index (χ1v) is 10.0. The summed E-state index contributed by atoms with van der Waals surface area (Å²) in [6.45, 7) is 0. The second-order valence-electron chi connectivity index (χ2n) is 6.75. The van der Waals surface area contributed by atoms with Crippen molar-refractivity contribution in [3.05, 3.63) is 53.6 Å². The van der Waals surface area contributed by atoms with Gasteiger partial charge in [-0.2, -0.15) is 0 Å². The van der Waals surface area contributed by atoms with E-state index < -0.39 is 15.7 Å². The fourth-order valence-electron chi connectivity index (χ4n) is 3.54. The monoisotopic (exact) mass is 357 g/mol. The van der Waals surface area contributed by atoms with Crippen molar-refractivity contribution in [2.45, 2.75) is 30.1 Å². The highest BCUT2D eigenvalue weighted by atomic mass is 32.2. The molecule has 130 valence electrons. The number of primary amides is 1. The zero-order valence-electron chi connectivity index (χ0n) is 13.6. The van der Waals surface area contributed by atoms with Gasteiger partial charge in [-0.25, -0.2) is 8.42 Å². The van der Waals surface area contributed by atoms with E-state index in [0.29, 0.717) is 40.2 Å². The van der Waals surface area contributed by atoms with Crippen molar-refractivity contribution >= 4 is 15.7 Å². The number of fused-ring (bicyclic) bond motifs is 1. The van der Waals surface area contributed by atoms with Gasteiger partial charge in [0, 0.05) is 5.56 Å². The van der Waals surface area contributed by atoms with Crippen molar-refractivity contribution in [3.63, 3.8) is 0 Å². The normalized spacial score (nSPS) is 21.4. The predicted molar refractivity (Wildman–Crippen MR) is 93.6 cm³/mol. The van der Waals surface area contributed by atoms with Crippen LogP contribution in [-0.2, 0) is 9.84 Å². The van der Waals surface area contributed by atoms with Crippen LogP contribution in [0.2, 0.25) is 0 Å². The lowest BCUT2D eigenvalue weighted by Gasteiger charge is -2.25. The minimum absolute atomic E-state index is 0.196. The van der Waals surface area contributed by atoms with Crippen molar-refractivity contribution in [2.75, 3.05) is 5.75 Å². The van der Waals surface area contributed by atoms with E-state index in [1.807, 2.05) is 6.07 Å². The number of hydrogen-bond donors (Lipinski definition) is 1. The van der Waals surface area contributed by atoms with E-state index in [2.05, 4.69) is 0 Å². The van der Waals surface area contributed by atoms with E-state index in [1.165, 1.54) is 12.8 Å². The predicted octanol–water partition coefficient (Wildman–Crippen LogP) is 3.25. The molecule has 0 spiro atoms. The maximum atomic E-state index is 12.5. The molecule has 2 aliphatic rings. The summed E-state index contributed by atoms with van der Waals surface area (Å²) in [7, 11) is -3.27. The van der Waals surface area contributed by atoms with E-state index in [0.717, 1.165) is 5.56 Å². The molecule has 0 saturated heterocycles. The Morgan fingerprint density at radius 1 is 1.04 bits per heavy atom. The molecule has 1 saturated carbocycles. The molecule has 1 amide bonds. The molecule has 25 heavy (non-hydrogen) atoms. The first-order chi connectivity index (χ1) is 11.9. The quantitative estimate of drug-likeness (QED) is 0.910. The van der Waals surface area contributed by atoms with Crippen LogP contribution in [0.15, 0.2) is 47.4 Å². The molecule has 1 fully saturated rings. The van der Waals surface area contributed by atoms with E-state index in [9.17, 15) is 13.2 Å². The van der Waals surface area contributed by atoms with Crippen LogP contribution in [0.4, 0.5) is 0 Å². The third-order valence-electron chi connectivity index (χ3n) is 4.96. The summed E-state index contributed by atoms with van der Waals surface area (Å²) < 4.78 is 30.8. The summed E-state index contributed by atoms with van der Waals surface area (Å²) in [5, 5.41) is 0. The van der Waals surface area contributed by atoms with Crippen LogP contribution in [-0.4, -0.2) is 20.1 Å². The van der Waals surface area contributed by atoms with E-state index in [4.69, 9.17) is 10.5 Å². The van der Waals surface area contributed by atoms with E-state index in [1.54, 1.807) is 36.4 Å². The number of benzene rings is 2. The van der Waals surface area contributed by atoms with Gasteiger partial charge in [-0.15, -0.1) is 0 Å². The molecular formula is C19H19NO4S. The van der Waals surface area contributed by atoms with Crippen molar-refractivity contribution in [3.8, 4) is 11.5 Å². The molecule has 1 unspecified atom stereocenters. The number of hydrogen-bond acceptors (Lipinski definition) is 4. The van der Waals surface area contributed by atoms with Crippen LogP contribution < -0.4 is 10.5 Å². The zero-order chi connectivity index (χ0) is 17.6. The lowest BCUT2D eigenvalue weighted by molar-refractivity contribution is 0.1000. The number of rotatable bonds is 4. The SMILES string of the molecule is NC(=O)c1cccc(Oc2ccc3c(c2)S(=O)(=O)CCC3C2CC2)c1. The molecule has 4 rings (SSSR count). The third-order valence-corrected chi connectivity index (χ3v) is 6.76. The Kier molecular flexibility index (Phi) is 3.80. The standard InChI is InChI=1S/C19H19NO4S/c20-19(21)13-2-1-3-14(10-13)24-15-6-7-17-16(12-4-5-12)8-9-25(22,23)18(17)11-15/h1-3,6-7,10-12,16H,4-5,8-9H2,(H2,20,21). The topological polar surface area (TPSA) is 86.5 Å². The van der Waals surface area contributed by atoms with Crippen LogP contribution >= 0.6 is 0 Å². The van der Waals surface area contributed by atoms with Gasteiger partial charge >= 0.3 is 0 Å². The molecule has 2 aromatic carbocycles. The minimum Gasteiger partial charge on any atom is -0.457 e. The molecule has 6 heteroatoms. The fourth-order valence-corrected chi connectivity index (χ4v) is 5.20. The molecular weight excluding hydrogens is 338 g/mol. The number of sulfone groups is 1. The summed E-state index contributed by atoms with van der Waals surface area (Å²) in [5.74, 6) is 1.51. The van der Waals surface area contributed by atoms with Gasteiger partial charge in [-0.1, -0.05) is 12.1 Å². The van der Waals surface area contributed by atoms with E-state index >= 15 is 0 Å². The van der Waals surface area contributed by atoms with Crippen molar-refractivity contribution in [1.29, 1.82) is 0 Å². The summed E-state index contributed by atoms with van der Waals surface area (Å²) in [6.07, 6.45) is 3.07. The number of carbonyl (C=O) groups excluding carboxylic acids is 1. The Hall–Kier alpha value is -2.34. The fraction of sp³-hybridized carbons (Fsp3) is 0.316. The van der Waals surface area contributed by atoms with Crippen LogP contribution in [0, 0.1) is 5.92 Å². The molecule has 1 atom stereocenters. The number of carbonyl (C=O) groups is 1.